The van der Waals surface area contributed by atoms with E-state index in [0.29, 0.717) is 6.04 Å². The third-order valence-corrected chi connectivity index (χ3v) is 3.60. The topological polar surface area (TPSA) is 12.0 Å². The highest BCUT2D eigenvalue weighted by Gasteiger charge is 2.16. The molecule has 0 heterocycles. The highest BCUT2D eigenvalue weighted by atomic mass is 14.9. The smallest absolute Gasteiger partial charge is 0.0581 e. The van der Waals surface area contributed by atoms with Crippen LogP contribution in [0.25, 0.3) is 0 Å². The molecule has 19 heavy (non-hydrogen) atoms. The van der Waals surface area contributed by atoms with Crippen LogP contribution < -0.4 is 5.32 Å². The zero-order valence-electron chi connectivity index (χ0n) is 12.1. The molecule has 2 rings (SSSR count). The molecule has 1 heteroatoms. The molecule has 0 saturated heterocycles. The van der Waals surface area contributed by atoms with E-state index in [1.807, 2.05) is 0 Å². The van der Waals surface area contributed by atoms with E-state index in [1.54, 1.807) is 0 Å². The molecule has 0 aliphatic heterocycles. The van der Waals surface area contributed by atoms with E-state index in [2.05, 4.69) is 74.6 Å². The summed E-state index contributed by atoms with van der Waals surface area (Å²) < 4.78 is 0. The van der Waals surface area contributed by atoms with Gasteiger partial charge in [-0.2, -0.15) is 0 Å². The molecule has 0 saturated carbocycles. The Balaban J connectivity index is 2.42. The van der Waals surface area contributed by atoms with Crippen LogP contribution in [-0.4, -0.2) is 6.54 Å². The monoisotopic (exact) mass is 253 g/mol. The Kier molecular flexibility index (Phi) is 4.75. The summed E-state index contributed by atoms with van der Waals surface area (Å²) in [6, 6.07) is 17.6. The highest BCUT2D eigenvalue weighted by molar-refractivity contribution is 5.40. The SMILES string of the molecule is CCCNC(c1ccccc1C)c1ccccc1C. The minimum Gasteiger partial charge on any atom is -0.306 e. The zero-order chi connectivity index (χ0) is 13.7. The van der Waals surface area contributed by atoms with Crippen LogP contribution in [0, 0.1) is 13.8 Å². The van der Waals surface area contributed by atoms with E-state index in [9.17, 15) is 0 Å². The summed E-state index contributed by atoms with van der Waals surface area (Å²) in [6.45, 7) is 7.62. The normalized spacial score (nSPS) is 10.9. The van der Waals surface area contributed by atoms with Gasteiger partial charge in [0.2, 0.25) is 0 Å². The molecule has 0 aliphatic carbocycles. The third-order valence-electron chi connectivity index (χ3n) is 3.60. The fraction of sp³-hybridized carbons (Fsp3) is 0.333. The maximum absolute atomic E-state index is 3.68. The maximum atomic E-state index is 3.68. The Labute approximate surface area is 116 Å². The van der Waals surface area contributed by atoms with Gasteiger partial charge in [-0.3, -0.25) is 0 Å². The lowest BCUT2D eigenvalue weighted by Gasteiger charge is -2.23. The Morgan fingerprint density at radius 2 is 1.32 bits per heavy atom. The molecular weight excluding hydrogens is 230 g/mol. The molecule has 0 atom stereocenters. The molecule has 0 radical (unpaired) electrons. The predicted molar refractivity (Wildman–Crippen MR) is 82.5 cm³/mol. The lowest BCUT2D eigenvalue weighted by Crippen LogP contribution is -2.24. The van der Waals surface area contributed by atoms with E-state index in [0.717, 1.165) is 13.0 Å². The van der Waals surface area contributed by atoms with Crippen molar-refractivity contribution >= 4 is 0 Å². The summed E-state index contributed by atoms with van der Waals surface area (Å²) in [5, 5.41) is 3.68. The molecule has 0 bridgehead atoms. The summed E-state index contributed by atoms with van der Waals surface area (Å²) in [6.07, 6.45) is 1.15. The lowest BCUT2D eigenvalue weighted by molar-refractivity contribution is 0.594. The molecule has 2 aromatic rings. The van der Waals surface area contributed by atoms with Gasteiger partial charge < -0.3 is 5.32 Å². The summed E-state index contributed by atoms with van der Waals surface area (Å²) in [5.74, 6) is 0. The van der Waals surface area contributed by atoms with Crippen molar-refractivity contribution in [3.63, 3.8) is 0 Å². The van der Waals surface area contributed by atoms with Crippen molar-refractivity contribution in [1.82, 2.24) is 5.32 Å². The average Bonchev–Trinajstić information content (AvgIpc) is 2.42. The lowest BCUT2D eigenvalue weighted by atomic mass is 9.92. The fourth-order valence-electron chi connectivity index (χ4n) is 2.50. The van der Waals surface area contributed by atoms with Crippen molar-refractivity contribution in [1.29, 1.82) is 0 Å². The van der Waals surface area contributed by atoms with Gasteiger partial charge in [0, 0.05) is 0 Å². The number of hydrogen-bond donors (Lipinski definition) is 1. The van der Waals surface area contributed by atoms with Gasteiger partial charge in [0.15, 0.2) is 0 Å². The molecule has 0 fully saturated rings. The summed E-state index contributed by atoms with van der Waals surface area (Å²) in [7, 11) is 0. The molecule has 0 aromatic heterocycles. The Hall–Kier alpha value is -1.60. The van der Waals surface area contributed by atoms with Gasteiger partial charge in [0.1, 0.15) is 0 Å². The van der Waals surface area contributed by atoms with Gasteiger partial charge in [-0.25, -0.2) is 0 Å². The van der Waals surface area contributed by atoms with Crippen LogP contribution in [0.4, 0.5) is 0 Å². The first-order valence-corrected chi connectivity index (χ1v) is 7.08. The van der Waals surface area contributed by atoms with Crippen LogP contribution in [0.15, 0.2) is 48.5 Å². The fourth-order valence-corrected chi connectivity index (χ4v) is 2.50. The van der Waals surface area contributed by atoms with Crippen molar-refractivity contribution in [3.05, 3.63) is 70.8 Å². The van der Waals surface area contributed by atoms with Crippen molar-refractivity contribution in [2.45, 2.75) is 33.2 Å². The number of nitrogens with one attached hydrogen (secondary N) is 1. The number of hydrogen-bond acceptors (Lipinski definition) is 1. The molecule has 1 nitrogen and oxygen atoms in total. The van der Waals surface area contributed by atoms with E-state index in [4.69, 9.17) is 0 Å². The van der Waals surface area contributed by atoms with Crippen molar-refractivity contribution in [3.8, 4) is 0 Å². The second-order valence-corrected chi connectivity index (χ2v) is 5.10. The molecular formula is C18H23N. The van der Waals surface area contributed by atoms with Gasteiger partial charge in [0.05, 0.1) is 6.04 Å². The predicted octanol–water partition coefficient (Wildman–Crippen LogP) is 4.39. The molecule has 1 N–H and O–H groups in total. The molecule has 0 unspecified atom stereocenters. The number of aryl methyl sites for hydroxylation is 2. The minimum absolute atomic E-state index is 0.294. The second-order valence-electron chi connectivity index (χ2n) is 5.10. The maximum Gasteiger partial charge on any atom is 0.0581 e. The van der Waals surface area contributed by atoms with Crippen molar-refractivity contribution < 1.29 is 0 Å². The summed E-state index contributed by atoms with van der Waals surface area (Å²) >= 11 is 0. The van der Waals surface area contributed by atoms with Crippen LogP contribution in [-0.2, 0) is 0 Å². The van der Waals surface area contributed by atoms with Gasteiger partial charge in [0.25, 0.3) is 0 Å². The largest absolute Gasteiger partial charge is 0.306 e. The average molecular weight is 253 g/mol. The summed E-state index contributed by atoms with van der Waals surface area (Å²) in [4.78, 5) is 0. The van der Waals surface area contributed by atoms with Crippen LogP contribution in [0.1, 0.15) is 41.6 Å². The Morgan fingerprint density at radius 3 is 1.74 bits per heavy atom. The van der Waals surface area contributed by atoms with E-state index in [1.165, 1.54) is 22.3 Å². The number of rotatable bonds is 5. The van der Waals surface area contributed by atoms with Gasteiger partial charge >= 0.3 is 0 Å². The van der Waals surface area contributed by atoms with Gasteiger partial charge in [-0.1, -0.05) is 55.5 Å². The number of benzene rings is 2. The van der Waals surface area contributed by atoms with E-state index < -0.39 is 0 Å². The first-order valence-electron chi connectivity index (χ1n) is 7.08. The highest BCUT2D eigenvalue weighted by Crippen LogP contribution is 2.27. The van der Waals surface area contributed by atoms with Crippen LogP contribution in [0.2, 0.25) is 0 Å². The molecule has 0 amide bonds. The molecule has 0 spiro atoms. The van der Waals surface area contributed by atoms with Gasteiger partial charge in [-0.15, -0.1) is 0 Å². The van der Waals surface area contributed by atoms with Crippen LogP contribution in [0.3, 0.4) is 0 Å². The van der Waals surface area contributed by atoms with Crippen molar-refractivity contribution in [2.24, 2.45) is 0 Å². The van der Waals surface area contributed by atoms with E-state index in [-0.39, 0.29) is 0 Å². The quantitative estimate of drug-likeness (QED) is 0.833. The van der Waals surface area contributed by atoms with Crippen LogP contribution >= 0.6 is 0 Å². The Morgan fingerprint density at radius 1 is 0.842 bits per heavy atom. The molecule has 2 aromatic carbocycles. The first-order chi connectivity index (χ1) is 9.24. The first kappa shape index (κ1) is 13.8. The minimum atomic E-state index is 0.294. The van der Waals surface area contributed by atoms with E-state index >= 15 is 0 Å². The molecule has 0 aliphatic rings. The Bertz CT molecular complexity index is 485. The van der Waals surface area contributed by atoms with Crippen LogP contribution in [0.5, 0.6) is 0 Å². The second kappa shape index (κ2) is 6.53. The summed E-state index contributed by atoms with van der Waals surface area (Å²) in [5.41, 5.74) is 5.45. The third kappa shape index (κ3) is 3.24. The molecule has 100 valence electrons. The zero-order valence-corrected chi connectivity index (χ0v) is 12.1. The van der Waals surface area contributed by atoms with Gasteiger partial charge in [-0.05, 0) is 49.1 Å². The van der Waals surface area contributed by atoms with Crippen molar-refractivity contribution in [2.75, 3.05) is 6.54 Å². The standard InChI is InChI=1S/C18H23N/c1-4-13-19-18(16-11-7-5-9-14(16)2)17-12-8-6-10-15(17)3/h5-12,18-19H,4,13H2,1-3H3.